The van der Waals surface area contributed by atoms with E-state index in [1.807, 2.05) is 47.0 Å². The SMILES string of the molecule is Cc1ccc(-n2ncc3c2ncn2c(-c4cccs4)nnc32)cc1Cl. The fraction of sp³-hybridized carbons (Fsp3) is 0.0588. The Labute approximate surface area is 151 Å². The zero-order valence-corrected chi connectivity index (χ0v) is 14.7. The van der Waals surface area contributed by atoms with Crippen molar-refractivity contribution in [2.75, 3.05) is 0 Å². The first kappa shape index (κ1) is 14.6. The molecule has 25 heavy (non-hydrogen) atoms. The number of aromatic nitrogens is 6. The Balaban J connectivity index is 1.74. The second-order valence-corrected chi connectivity index (χ2v) is 7.02. The molecule has 0 radical (unpaired) electrons. The Morgan fingerprint density at radius 3 is 2.84 bits per heavy atom. The number of rotatable bonds is 2. The van der Waals surface area contributed by atoms with E-state index in [1.54, 1.807) is 28.5 Å². The molecule has 0 atom stereocenters. The summed E-state index contributed by atoms with van der Waals surface area (Å²) in [6, 6.07) is 9.83. The fourth-order valence-electron chi connectivity index (χ4n) is 2.80. The summed E-state index contributed by atoms with van der Waals surface area (Å²) in [5.74, 6) is 0.783. The van der Waals surface area contributed by atoms with Crippen LogP contribution in [0.5, 0.6) is 0 Å². The van der Waals surface area contributed by atoms with Crippen LogP contribution in [0, 0.1) is 6.92 Å². The minimum Gasteiger partial charge on any atom is -0.264 e. The molecule has 0 aliphatic heterocycles. The second kappa shape index (κ2) is 5.37. The number of hydrogen-bond acceptors (Lipinski definition) is 5. The molecule has 5 rings (SSSR count). The summed E-state index contributed by atoms with van der Waals surface area (Å²) in [5.41, 5.74) is 3.34. The van der Waals surface area contributed by atoms with Crippen LogP contribution in [0.25, 0.3) is 33.1 Å². The van der Waals surface area contributed by atoms with Crippen molar-refractivity contribution in [1.82, 2.24) is 29.4 Å². The molecule has 4 heterocycles. The first-order chi connectivity index (χ1) is 12.2. The van der Waals surface area contributed by atoms with Gasteiger partial charge in [0.15, 0.2) is 17.1 Å². The molecule has 0 aliphatic rings. The summed E-state index contributed by atoms with van der Waals surface area (Å²) in [7, 11) is 0. The standard InChI is InChI=1S/C17H11ClN6S/c1-10-4-5-11(7-13(10)18)24-15-12(8-20-24)16-21-22-17(23(16)9-19-15)14-3-2-6-25-14/h2-9H,1H3. The predicted octanol–water partition coefficient (Wildman–Crippen LogP) is 4.15. The lowest BCUT2D eigenvalue weighted by Crippen LogP contribution is -1.99. The van der Waals surface area contributed by atoms with Crippen LogP contribution in [-0.4, -0.2) is 29.4 Å². The van der Waals surface area contributed by atoms with Gasteiger partial charge in [0, 0.05) is 5.02 Å². The van der Waals surface area contributed by atoms with E-state index in [-0.39, 0.29) is 0 Å². The van der Waals surface area contributed by atoms with Crippen molar-refractivity contribution in [2.24, 2.45) is 0 Å². The maximum Gasteiger partial charge on any atom is 0.179 e. The van der Waals surface area contributed by atoms with Gasteiger partial charge < -0.3 is 0 Å². The van der Waals surface area contributed by atoms with Crippen molar-refractivity contribution in [2.45, 2.75) is 6.92 Å². The Morgan fingerprint density at radius 2 is 2.04 bits per heavy atom. The third-order valence-corrected chi connectivity index (χ3v) is 5.39. The average Bonchev–Trinajstić information content (AvgIpc) is 3.34. The van der Waals surface area contributed by atoms with E-state index < -0.39 is 0 Å². The number of thiophene rings is 1. The average molecular weight is 367 g/mol. The van der Waals surface area contributed by atoms with E-state index >= 15 is 0 Å². The molecule has 0 amide bonds. The van der Waals surface area contributed by atoms with Gasteiger partial charge in [-0.05, 0) is 36.1 Å². The number of fused-ring (bicyclic) bond motifs is 3. The van der Waals surface area contributed by atoms with Crippen molar-refractivity contribution >= 4 is 39.6 Å². The van der Waals surface area contributed by atoms with Crippen LogP contribution in [-0.2, 0) is 0 Å². The number of halogens is 1. The summed E-state index contributed by atoms with van der Waals surface area (Å²) in [4.78, 5) is 5.63. The van der Waals surface area contributed by atoms with Gasteiger partial charge in [0.2, 0.25) is 0 Å². The lowest BCUT2D eigenvalue weighted by molar-refractivity contribution is 0.893. The summed E-state index contributed by atoms with van der Waals surface area (Å²) >= 11 is 7.87. The fourth-order valence-corrected chi connectivity index (χ4v) is 3.68. The van der Waals surface area contributed by atoms with E-state index in [9.17, 15) is 0 Å². The predicted molar refractivity (Wildman–Crippen MR) is 98.5 cm³/mol. The molecule has 1 aromatic carbocycles. The van der Waals surface area contributed by atoms with Crippen molar-refractivity contribution in [1.29, 1.82) is 0 Å². The highest BCUT2D eigenvalue weighted by Crippen LogP contribution is 2.27. The molecule has 0 unspecified atom stereocenters. The molecule has 0 spiro atoms. The Hall–Kier alpha value is -2.77. The van der Waals surface area contributed by atoms with E-state index in [1.165, 1.54) is 0 Å². The summed E-state index contributed by atoms with van der Waals surface area (Å²) in [6.45, 7) is 1.97. The molecule has 6 nitrogen and oxygen atoms in total. The third kappa shape index (κ3) is 2.16. The Bertz CT molecular complexity index is 1220. The molecule has 0 saturated heterocycles. The van der Waals surface area contributed by atoms with Gasteiger partial charge in [-0.1, -0.05) is 23.7 Å². The van der Waals surface area contributed by atoms with Crippen LogP contribution in [0.2, 0.25) is 5.02 Å². The molecule has 0 bridgehead atoms. The molecular weight excluding hydrogens is 356 g/mol. The smallest absolute Gasteiger partial charge is 0.179 e. The molecule has 4 aromatic heterocycles. The Morgan fingerprint density at radius 1 is 1.12 bits per heavy atom. The molecule has 5 aromatic rings. The van der Waals surface area contributed by atoms with Gasteiger partial charge in [-0.25, -0.2) is 9.67 Å². The zero-order chi connectivity index (χ0) is 17.0. The number of nitrogens with zero attached hydrogens (tertiary/aromatic N) is 6. The van der Waals surface area contributed by atoms with Crippen LogP contribution >= 0.6 is 22.9 Å². The quantitative estimate of drug-likeness (QED) is 0.470. The number of hydrogen-bond donors (Lipinski definition) is 0. The molecular formula is C17H11ClN6S. The maximum atomic E-state index is 6.25. The highest BCUT2D eigenvalue weighted by molar-refractivity contribution is 7.13. The van der Waals surface area contributed by atoms with Crippen LogP contribution in [0.15, 0.2) is 48.2 Å². The largest absolute Gasteiger partial charge is 0.264 e. The van der Waals surface area contributed by atoms with Crippen molar-refractivity contribution in [3.8, 4) is 16.4 Å². The Kier molecular flexibility index (Phi) is 3.13. The molecule has 0 aliphatic carbocycles. The van der Waals surface area contributed by atoms with E-state index in [4.69, 9.17) is 11.6 Å². The van der Waals surface area contributed by atoms with Crippen molar-refractivity contribution < 1.29 is 0 Å². The molecule has 0 N–H and O–H groups in total. The number of benzene rings is 1. The van der Waals surface area contributed by atoms with Gasteiger partial charge in [-0.3, -0.25) is 4.40 Å². The number of aryl methyl sites for hydroxylation is 1. The van der Waals surface area contributed by atoms with Crippen molar-refractivity contribution in [3.63, 3.8) is 0 Å². The summed E-state index contributed by atoms with van der Waals surface area (Å²) in [6.07, 6.45) is 3.50. The van der Waals surface area contributed by atoms with Crippen LogP contribution in [0.4, 0.5) is 0 Å². The van der Waals surface area contributed by atoms with Gasteiger partial charge in [0.05, 0.1) is 22.1 Å². The van der Waals surface area contributed by atoms with Gasteiger partial charge in [-0.15, -0.1) is 21.5 Å². The minimum absolute atomic E-state index is 0.699. The van der Waals surface area contributed by atoms with Crippen LogP contribution < -0.4 is 0 Å². The van der Waals surface area contributed by atoms with Crippen LogP contribution in [0.3, 0.4) is 0 Å². The summed E-state index contributed by atoms with van der Waals surface area (Å²) < 4.78 is 3.66. The van der Waals surface area contributed by atoms with Gasteiger partial charge in [-0.2, -0.15) is 5.10 Å². The molecule has 0 saturated carbocycles. The topological polar surface area (TPSA) is 60.9 Å². The third-order valence-electron chi connectivity index (χ3n) is 4.12. The lowest BCUT2D eigenvalue weighted by atomic mass is 10.2. The molecule has 0 fully saturated rings. The normalized spacial score (nSPS) is 11.6. The maximum absolute atomic E-state index is 6.25. The van der Waals surface area contributed by atoms with Crippen molar-refractivity contribution in [3.05, 3.63) is 58.8 Å². The molecule has 122 valence electrons. The van der Waals surface area contributed by atoms with Crippen LogP contribution in [0.1, 0.15) is 5.56 Å². The van der Waals surface area contributed by atoms with E-state index in [0.29, 0.717) is 5.02 Å². The van der Waals surface area contributed by atoms with Gasteiger partial charge in [0.25, 0.3) is 0 Å². The lowest BCUT2D eigenvalue weighted by Gasteiger charge is -2.05. The van der Waals surface area contributed by atoms with E-state index in [0.717, 1.165) is 38.6 Å². The first-order valence-electron chi connectivity index (χ1n) is 7.60. The highest BCUT2D eigenvalue weighted by Gasteiger charge is 2.16. The zero-order valence-electron chi connectivity index (χ0n) is 13.1. The monoisotopic (exact) mass is 366 g/mol. The van der Waals surface area contributed by atoms with Gasteiger partial charge >= 0.3 is 0 Å². The summed E-state index contributed by atoms with van der Waals surface area (Å²) in [5, 5.41) is 16.7. The molecule has 8 heteroatoms. The van der Waals surface area contributed by atoms with E-state index in [2.05, 4.69) is 20.3 Å². The highest BCUT2D eigenvalue weighted by atomic mass is 35.5. The van der Waals surface area contributed by atoms with Gasteiger partial charge in [0.1, 0.15) is 6.33 Å². The first-order valence-corrected chi connectivity index (χ1v) is 8.86. The second-order valence-electron chi connectivity index (χ2n) is 5.67. The minimum atomic E-state index is 0.699.